The van der Waals surface area contributed by atoms with Gasteiger partial charge in [-0.3, -0.25) is 0 Å². The summed E-state index contributed by atoms with van der Waals surface area (Å²) in [7, 11) is 0. The van der Waals surface area contributed by atoms with E-state index in [0.717, 1.165) is 28.6 Å². The van der Waals surface area contributed by atoms with Gasteiger partial charge in [0.05, 0.1) is 0 Å². The number of rotatable bonds is 3. The van der Waals surface area contributed by atoms with Crippen LogP contribution in [0.4, 0.5) is 0 Å². The van der Waals surface area contributed by atoms with Crippen molar-refractivity contribution < 1.29 is 5.11 Å². The fourth-order valence-corrected chi connectivity index (χ4v) is 2.42. The van der Waals surface area contributed by atoms with Gasteiger partial charge in [0.1, 0.15) is 10.7 Å². The number of nitrogens with two attached hydrogens (primary N) is 1. The first-order valence-electron chi connectivity index (χ1n) is 6.30. The summed E-state index contributed by atoms with van der Waals surface area (Å²) in [4.78, 5) is 0.415. The van der Waals surface area contributed by atoms with E-state index in [1.165, 1.54) is 0 Å². The van der Waals surface area contributed by atoms with Crippen molar-refractivity contribution >= 4 is 28.1 Å². The number of hydrogen-bond donors (Lipinski definition) is 2. The van der Waals surface area contributed by atoms with Crippen LogP contribution in [0.25, 0.3) is 10.9 Å². The molecule has 3 N–H and O–H groups in total. The van der Waals surface area contributed by atoms with Gasteiger partial charge in [-0.25, -0.2) is 0 Å². The quantitative estimate of drug-likeness (QED) is 0.726. The van der Waals surface area contributed by atoms with Gasteiger partial charge in [-0.15, -0.1) is 0 Å². The Morgan fingerprint density at radius 1 is 1.10 bits per heavy atom. The lowest BCUT2D eigenvalue weighted by Gasteiger charge is -2.06. The number of nitrogens with zero attached hydrogens (tertiary/aromatic N) is 1. The lowest BCUT2D eigenvalue weighted by atomic mass is 10.1. The summed E-state index contributed by atoms with van der Waals surface area (Å²) in [6.07, 6.45) is 2.04. The molecule has 0 aliphatic heterocycles. The summed E-state index contributed by atoms with van der Waals surface area (Å²) in [6.45, 7) is 0.760. The van der Waals surface area contributed by atoms with Gasteiger partial charge in [0.15, 0.2) is 0 Å². The molecule has 0 amide bonds. The highest BCUT2D eigenvalue weighted by molar-refractivity contribution is 7.80. The SMILES string of the molecule is NC(=S)c1ccc2c(ccn2Cc2ccc(O)cc2)c1. The zero-order valence-electron chi connectivity index (χ0n) is 10.8. The van der Waals surface area contributed by atoms with E-state index in [4.69, 9.17) is 18.0 Å². The van der Waals surface area contributed by atoms with Crippen LogP contribution in [-0.2, 0) is 6.54 Å². The predicted octanol–water partition coefficient (Wildman–Crippen LogP) is 3.03. The Balaban J connectivity index is 1.96. The van der Waals surface area contributed by atoms with Crippen LogP contribution in [0.1, 0.15) is 11.1 Å². The number of aromatic hydroxyl groups is 1. The molecule has 20 heavy (non-hydrogen) atoms. The Labute approximate surface area is 122 Å². The largest absolute Gasteiger partial charge is 0.508 e. The summed E-state index contributed by atoms with van der Waals surface area (Å²) in [5.74, 6) is 0.284. The molecule has 0 radical (unpaired) electrons. The molecule has 0 aliphatic carbocycles. The van der Waals surface area contributed by atoms with Crippen LogP contribution in [0.5, 0.6) is 5.75 Å². The number of benzene rings is 2. The number of thiocarbonyl (C=S) groups is 1. The third-order valence-corrected chi connectivity index (χ3v) is 3.58. The summed E-state index contributed by atoms with van der Waals surface area (Å²) in [5.41, 5.74) is 8.81. The molecule has 0 fully saturated rings. The lowest BCUT2D eigenvalue weighted by molar-refractivity contribution is 0.475. The van der Waals surface area contributed by atoms with E-state index in [0.29, 0.717) is 4.99 Å². The van der Waals surface area contributed by atoms with E-state index in [9.17, 15) is 5.11 Å². The zero-order chi connectivity index (χ0) is 14.1. The predicted molar refractivity (Wildman–Crippen MR) is 85.0 cm³/mol. The fraction of sp³-hybridized carbons (Fsp3) is 0.0625. The Hall–Kier alpha value is -2.33. The second-order valence-corrected chi connectivity index (χ2v) is 5.19. The average Bonchev–Trinajstić information content (AvgIpc) is 2.84. The molecule has 3 aromatic rings. The van der Waals surface area contributed by atoms with E-state index in [1.807, 2.05) is 36.5 Å². The minimum Gasteiger partial charge on any atom is -0.508 e. The summed E-state index contributed by atoms with van der Waals surface area (Å²) < 4.78 is 2.16. The monoisotopic (exact) mass is 282 g/mol. The molecule has 4 heteroatoms. The second-order valence-electron chi connectivity index (χ2n) is 4.75. The number of aromatic nitrogens is 1. The smallest absolute Gasteiger partial charge is 0.115 e. The molecule has 3 rings (SSSR count). The Morgan fingerprint density at radius 3 is 2.55 bits per heavy atom. The molecule has 1 aromatic heterocycles. The van der Waals surface area contributed by atoms with E-state index >= 15 is 0 Å². The molecule has 1 heterocycles. The Morgan fingerprint density at radius 2 is 1.85 bits per heavy atom. The maximum absolute atomic E-state index is 9.31. The van der Waals surface area contributed by atoms with Gasteiger partial charge in [0.2, 0.25) is 0 Å². The topological polar surface area (TPSA) is 51.2 Å². The van der Waals surface area contributed by atoms with E-state index in [1.54, 1.807) is 12.1 Å². The number of hydrogen-bond acceptors (Lipinski definition) is 2. The van der Waals surface area contributed by atoms with Crippen LogP contribution in [-0.4, -0.2) is 14.7 Å². The summed E-state index contributed by atoms with van der Waals surface area (Å²) in [5, 5.41) is 10.4. The highest BCUT2D eigenvalue weighted by Crippen LogP contribution is 2.20. The number of phenols is 1. The zero-order valence-corrected chi connectivity index (χ0v) is 11.6. The van der Waals surface area contributed by atoms with Crippen LogP contribution in [0.2, 0.25) is 0 Å². The Bertz CT molecular complexity index is 775. The average molecular weight is 282 g/mol. The molecule has 100 valence electrons. The van der Waals surface area contributed by atoms with E-state index in [-0.39, 0.29) is 5.75 Å². The Kier molecular flexibility index (Phi) is 3.16. The standard InChI is InChI=1S/C16H14N2OS/c17-16(20)13-3-6-15-12(9-13)7-8-18(15)10-11-1-4-14(19)5-2-11/h1-9,19H,10H2,(H2,17,20). The van der Waals surface area contributed by atoms with Crippen LogP contribution >= 0.6 is 12.2 Å². The second kappa shape index (κ2) is 4.98. The van der Waals surface area contributed by atoms with Crippen molar-refractivity contribution in [2.75, 3.05) is 0 Å². The molecular formula is C16H14N2OS. The van der Waals surface area contributed by atoms with E-state index < -0.39 is 0 Å². The van der Waals surface area contributed by atoms with Gasteiger partial charge < -0.3 is 15.4 Å². The van der Waals surface area contributed by atoms with Crippen molar-refractivity contribution in [3.8, 4) is 5.75 Å². The van der Waals surface area contributed by atoms with Crippen molar-refractivity contribution in [2.45, 2.75) is 6.54 Å². The van der Waals surface area contributed by atoms with Gasteiger partial charge in [-0.1, -0.05) is 24.4 Å². The van der Waals surface area contributed by atoms with Gasteiger partial charge >= 0.3 is 0 Å². The molecule has 0 saturated heterocycles. The molecule has 3 nitrogen and oxygen atoms in total. The fourth-order valence-electron chi connectivity index (χ4n) is 2.29. The molecule has 2 aromatic carbocycles. The molecule has 0 atom stereocenters. The molecule has 0 aliphatic rings. The first-order chi connectivity index (χ1) is 9.63. The van der Waals surface area contributed by atoms with E-state index in [2.05, 4.69) is 10.6 Å². The maximum atomic E-state index is 9.31. The summed E-state index contributed by atoms with van der Waals surface area (Å²) >= 11 is 5.00. The summed E-state index contributed by atoms with van der Waals surface area (Å²) in [6, 6.07) is 15.3. The minimum absolute atomic E-state index is 0.284. The molecule has 0 saturated carbocycles. The van der Waals surface area contributed by atoms with Crippen molar-refractivity contribution in [1.82, 2.24) is 4.57 Å². The van der Waals surface area contributed by atoms with Crippen molar-refractivity contribution in [3.63, 3.8) is 0 Å². The first-order valence-corrected chi connectivity index (χ1v) is 6.71. The lowest BCUT2D eigenvalue weighted by Crippen LogP contribution is -2.08. The van der Waals surface area contributed by atoms with Gasteiger partial charge in [-0.2, -0.15) is 0 Å². The molecular weight excluding hydrogens is 268 g/mol. The molecule has 0 unspecified atom stereocenters. The van der Waals surface area contributed by atoms with Gasteiger partial charge in [0, 0.05) is 29.2 Å². The number of phenolic OH excluding ortho intramolecular Hbond substituents is 1. The van der Waals surface area contributed by atoms with Crippen molar-refractivity contribution in [1.29, 1.82) is 0 Å². The van der Waals surface area contributed by atoms with Gasteiger partial charge in [-0.05, 0) is 42.0 Å². The molecule has 0 bridgehead atoms. The molecule has 0 spiro atoms. The normalized spacial score (nSPS) is 10.8. The van der Waals surface area contributed by atoms with Gasteiger partial charge in [0.25, 0.3) is 0 Å². The maximum Gasteiger partial charge on any atom is 0.115 e. The van der Waals surface area contributed by atoms with Crippen LogP contribution in [0, 0.1) is 0 Å². The highest BCUT2D eigenvalue weighted by Gasteiger charge is 2.04. The van der Waals surface area contributed by atoms with Crippen molar-refractivity contribution in [2.24, 2.45) is 5.73 Å². The minimum atomic E-state index is 0.284. The number of fused-ring (bicyclic) bond motifs is 1. The van der Waals surface area contributed by atoms with Crippen molar-refractivity contribution in [3.05, 3.63) is 65.9 Å². The third-order valence-electron chi connectivity index (χ3n) is 3.34. The third kappa shape index (κ3) is 2.38. The highest BCUT2D eigenvalue weighted by atomic mass is 32.1. The van der Waals surface area contributed by atoms with Crippen LogP contribution in [0.3, 0.4) is 0 Å². The first kappa shape index (κ1) is 12.7. The van der Waals surface area contributed by atoms with Crippen LogP contribution in [0.15, 0.2) is 54.7 Å². The van der Waals surface area contributed by atoms with Crippen LogP contribution < -0.4 is 5.73 Å².